The second kappa shape index (κ2) is 10.0. The monoisotopic (exact) mass is 468 g/mol. The van der Waals surface area contributed by atoms with Crippen LogP contribution < -0.4 is 20.1 Å². The minimum atomic E-state index is -0.364. The first-order chi connectivity index (χ1) is 15.5. The maximum atomic E-state index is 12.5. The van der Waals surface area contributed by atoms with Gasteiger partial charge in [0, 0.05) is 11.3 Å². The molecule has 1 aliphatic heterocycles. The summed E-state index contributed by atoms with van der Waals surface area (Å²) in [5.41, 5.74) is 2.68. The van der Waals surface area contributed by atoms with Crippen LogP contribution in [0.25, 0.3) is 0 Å². The van der Waals surface area contributed by atoms with Crippen molar-refractivity contribution in [2.75, 3.05) is 18.7 Å². The fourth-order valence-electron chi connectivity index (χ4n) is 3.38. The molecule has 2 aromatic carbocycles. The van der Waals surface area contributed by atoms with E-state index in [1.807, 2.05) is 49.4 Å². The van der Waals surface area contributed by atoms with E-state index in [-0.39, 0.29) is 18.8 Å². The summed E-state index contributed by atoms with van der Waals surface area (Å²) < 4.78 is 16.1. The first-order valence-electron chi connectivity index (χ1n) is 10.3. The molecular formula is C24H24N2O4S2. The molecule has 0 spiro atoms. The lowest BCUT2D eigenvalue weighted by Crippen LogP contribution is -2.31. The number of benzene rings is 2. The van der Waals surface area contributed by atoms with E-state index >= 15 is 0 Å². The maximum absolute atomic E-state index is 12.5. The van der Waals surface area contributed by atoms with Crippen molar-refractivity contribution in [3.8, 4) is 11.5 Å². The highest BCUT2D eigenvalue weighted by Gasteiger charge is 2.20. The number of thiophene rings is 1. The molecule has 0 radical (unpaired) electrons. The highest BCUT2D eigenvalue weighted by atomic mass is 32.1. The average molecular weight is 469 g/mol. The molecule has 0 aliphatic carbocycles. The van der Waals surface area contributed by atoms with E-state index in [0.717, 1.165) is 28.4 Å². The summed E-state index contributed by atoms with van der Waals surface area (Å²) in [6, 6.07) is 17.7. The summed E-state index contributed by atoms with van der Waals surface area (Å²) in [7, 11) is 0. The van der Waals surface area contributed by atoms with E-state index < -0.39 is 0 Å². The number of carbonyl (C=O) groups excluding carboxylic acids is 1. The van der Waals surface area contributed by atoms with E-state index in [4.69, 9.17) is 26.4 Å². The van der Waals surface area contributed by atoms with Crippen LogP contribution in [-0.4, -0.2) is 24.5 Å². The highest BCUT2D eigenvalue weighted by Crippen LogP contribution is 2.34. The Balaban J connectivity index is 1.47. The summed E-state index contributed by atoms with van der Waals surface area (Å²) in [4.78, 5) is 13.6. The molecule has 2 N–H and O–H groups in total. The van der Waals surface area contributed by atoms with Crippen LogP contribution in [0.4, 0.5) is 5.00 Å². The first kappa shape index (κ1) is 22.1. The van der Waals surface area contributed by atoms with Crippen LogP contribution >= 0.6 is 23.6 Å². The molecule has 0 saturated carbocycles. The second-order valence-corrected chi connectivity index (χ2v) is 8.82. The first-order valence-corrected chi connectivity index (χ1v) is 11.6. The smallest absolute Gasteiger partial charge is 0.341 e. The predicted molar refractivity (Wildman–Crippen MR) is 130 cm³/mol. The number of esters is 1. The fourth-order valence-corrected chi connectivity index (χ4v) is 4.81. The van der Waals surface area contributed by atoms with Gasteiger partial charge in [-0.15, -0.1) is 11.3 Å². The average Bonchev–Trinajstić information content (AvgIpc) is 3.40. The summed E-state index contributed by atoms with van der Waals surface area (Å²) >= 11 is 7.04. The quantitative estimate of drug-likeness (QED) is 0.361. The molecule has 3 aromatic rings. The predicted octanol–water partition coefficient (Wildman–Crippen LogP) is 5.29. The molecule has 8 heteroatoms. The number of anilines is 1. The van der Waals surface area contributed by atoms with Crippen molar-refractivity contribution in [1.29, 1.82) is 0 Å². The van der Waals surface area contributed by atoms with Gasteiger partial charge in [0.1, 0.15) is 5.00 Å². The summed E-state index contributed by atoms with van der Waals surface area (Å²) in [6.45, 7) is 4.35. The number of fused-ring (bicyclic) bond motifs is 1. The van der Waals surface area contributed by atoms with Crippen molar-refractivity contribution in [1.82, 2.24) is 5.32 Å². The fraction of sp³-hybridized carbons (Fsp3) is 0.250. The molecule has 6 nitrogen and oxygen atoms in total. The third-order valence-electron chi connectivity index (χ3n) is 4.97. The van der Waals surface area contributed by atoms with Crippen LogP contribution in [-0.2, 0) is 11.2 Å². The zero-order valence-corrected chi connectivity index (χ0v) is 19.5. The normalized spacial score (nSPS) is 12.8. The van der Waals surface area contributed by atoms with Crippen molar-refractivity contribution >= 4 is 39.6 Å². The van der Waals surface area contributed by atoms with Crippen LogP contribution in [0.3, 0.4) is 0 Å². The van der Waals surface area contributed by atoms with Crippen molar-refractivity contribution in [2.24, 2.45) is 0 Å². The number of ether oxygens (including phenoxy) is 3. The van der Waals surface area contributed by atoms with E-state index in [2.05, 4.69) is 22.8 Å². The Kier molecular flexibility index (Phi) is 6.92. The van der Waals surface area contributed by atoms with Gasteiger partial charge in [-0.3, -0.25) is 0 Å². The molecule has 0 saturated heterocycles. The summed E-state index contributed by atoms with van der Waals surface area (Å²) in [5.74, 6) is 1.10. The number of nitrogens with one attached hydrogen (secondary N) is 2. The molecule has 0 fully saturated rings. The molecule has 0 unspecified atom stereocenters. The zero-order chi connectivity index (χ0) is 22.5. The molecule has 166 valence electrons. The maximum Gasteiger partial charge on any atom is 0.341 e. The van der Waals surface area contributed by atoms with Gasteiger partial charge in [-0.2, -0.15) is 0 Å². The van der Waals surface area contributed by atoms with E-state index in [0.29, 0.717) is 22.3 Å². The Hall–Kier alpha value is -3.10. The summed E-state index contributed by atoms with van der Waals surface area (Å²) in [6.07, 6.45) is 0.730. The number of carbonyl (C=O) groups is 1. The Bertz CT molecular complexity index is 1110. The van der Waals surface area contributed by atoms with Gasteiger partial charge in [-0.1, -0.05) is 36.4 Å². The second-order valence-electron chi connectivity index (χ2n) is 7.27. The topological polar surface area (TPSA) is 68.8 Å². The van der Waals surface area contributed by atoms with Gasteiger partial charge in [0.25, 0.3) is 0 Å². The molecule has 2 heterocycles. The number of thiocarbonyl (C=S) groups is 1. The van der Waals surface area contributed by atoms with Gasteiger partial charge in [0.15, 0.2) is 16.6 Å². The van der Waals surface area contributed by atoms with Crippen molar-refractivity contribution < 1.29 is 19.0 Å². The Labute approximate surface area is 196 Å². The van der Waals surface area contributed by atoms with Gasteiger partial charge < -0.3 is 24.8 Å². The van der Waals surface area contributed by atoms with Gasteiger partial charge in [-0.05, 0) is 55.4 Å². The van der Waals surface area contributed by atoms with Crippen LogP contribution in [0, 0.1) is 0 Å². The molecule has 1 atom stereocenters. The summed E-state index contributed by atoms with van der Waals surface area (Å²) in [5, 5.41) is 7.56. The number of hydrogen-bond donors (Lipinski definition) is 2. The van der Waals surface area contributed by atoms with Gasteiger partial charge in [0.2, 0.25) is 6.79 Å². The van der Waals surface area contributed by atoms with Crippen molar-refractivity contribution in [3.05, 3.63) is 76.2 Å². The Morgan fingerprint density at radius 3 is 2.72 bits per heavy atom. The lowest BCUT2D eigenvalue weighted by molar-refractivity contribution is 0.0528. The molecule has 0 amide bonds. The SMILES string of the molecule is CCOC(=O)c1cc(Cc2ccccc2)sc1NC(=S)N[C@@H](C)c1ccc2c(c1)OCO2. The molecule has 1 aromatic heterocycles. The van der Waals surface area contributed by atoms with Gasteiger partial charge in [0.05, 0.1) is 18.2 Å². The Morgan fingerprint density at radius 1 is 1.16 bits per heavy atom. The molecule has 32 heavy (non-hydrogen) atoms. The third-order valence-corrected chi connectivity index (χ3v) is 6.24. The third kappa shape index (κ3) is 5.20. The largest absolute Gasteiger partial charge is 0.462 e. The lowest BCUT2D eigenvalue weighted by Gasteiger charge is -2.17. The molecule has 4 rings (SSSR count). The number of hydrogen-bond acceptors (Lipinski definition) is 6. The van der Waals surface area contributed by atoms with Gasteiger partial charge >= 0.3 is 5.97 Å². The minimum absolute atomic E-state index is 0.0701. The van der Waals surface area contributed by atoms with Crippen molar-refractivity contribution in [2.45, 2.75) is 26.3 Å². The van der Waals surface area contributed by atoms with E-state index in [1.165, 1.54) is 16.9 Å². The van der Waals surface area contributed by atoms with Crippen LogP contribution in [0.5, 0.6) is 11.5 Å². The van der Waals surface area contributed by atoms with Crippen LogP contribution in [0.1, 0.15) is 46.3 Å². The molecular weight excluding hydrogens is 444 g/mol. The standard InChI is InChI=1S/C24H24N2O4S2/c1-3-28-23(27)19-13-18(11-16-7-5-4-6-8-16)32-22(19)26-24(31)25-15(2)17-9-10-20-21(12-17)30-14-29-20/h4-10,12-13,15H,3,11,14H2,1-2H3,(H2,25,26,31)/t15-/m0/s1. The Morgan fingerprint density at radius 2 is 1.94 bits per heavy atom. The highest BCUT2D eigenvalue weighted by molar-refractivity contribution is 7.80. The van der Waals surface area contributed by atoms with E-state index in [9.17, 15) is 4.79 Å². The lowest BCUT2D eigenvalue weighted by atomic mass is 10.1. The van der Waals surface area contributed by atoms with Crippen molar-refractivity contribution in [3.63, 3.8) is 0 Å². The molecule has 1 aliphatic rings. The van der Waals surface area contributed by atoms with Gasteiger partial charge in [-0.25, -0.2) is 4.79 Å². The zero-order valence-electron chi connectivity index (χ0n) is 17.8. The van der Waals surface area contributed by atoms with Crippen LogP contribution in [0.2, 0.25) is 0 Å². The van der Waals surface area contributed by atoms with E-state index in [1.54, 1.807) is 6.92 Å². The molecule has 0 bridgehead atoms. The van der Waals surface area contributed by atoms with Crippen LogP contribution in [0.15, 0.2) is 54.6 Å². The number of rotatable bonds is 7. The minimum Gasteiger partial charge on any atom is -0.462 e.